The average molecular weight is 164 g/mol. The quantitative estimate of drug-likeness (QED) is 0.540. The van der Waals surface area contributed by atoms with Gasteiger partial charge in [-0.3, -0.25) is 0 Å². The van der Waals surface area contributed by atoms with E-state index in [2.05, 4.69) is 0 Å². The highest BCUT2D eigenvalue weighted by atomic mass is 19.3. The van der Waals surface area contributed by atoms with Crippen molar-refractivity contribution in [3.63, 3.8) is 0 Å². The Balaban J connectivity index is 2.07. The molecule has 0 unspecified atom stereocenters. The van der Waals surface area contributed by atoms with Gasteiger partial charge in [-0.1, -0.05) is 0 Å². The zero-order valence-electron chi connectivity index (χ0n) is 6.11. The van der Waals surface area contributed by atoms with Crippen molar-refractivity contribution in [2.45, 2.75) is 31.0 Å². The summed E-state index contributed by atoms with van der Waals surface area (Å²) >= 11 is 0. The Morgan fingerprint density at radius 2 is 1.64 bits per heavy atom. The molecular formula is C7H10F2O2. The lowest BCUT2D eigenvalue weighted by Crippen LogP contribution is -2.28. The summed E-state index contributed by atoms with van der Waals surface area (Å²) in [5.41, 5.74) is 0. The van der Waals surface area contributed by atoms with E-state index in [0.717, 1.165) is 0 Å². The Labute approximate surface area is 63.5 Å². The first kappa shape index (κ1) is 7.43. The number of alkyl halides is 2. The highest BCUT2D eigenvalue weighted by Gasteiger charge is 2.53. The number of hydrogen-bond donors (Lipinski definition) is 0. The van der Waals surface area contributed by atoms with Crippen LogP contribution in [0.25, 0.3) is 0 Å². The van der Waals surface area contributed by atoms with Crippen LogP contribution in [0.2, 0.25) is 0 Å². The molecule has 0 radical (unpaired) electrons. The van der Waals surface area contributed by atoms with Gasteiger partial charge in [-0.2, -0.15) is 0 Å². The molecule has 2 nitrogen and oxygen atoms in total. The van der Waals surface area contributed by atoms with Crippen LogP contribution < -0.4 is 0 Å². The Kier molecular flexibility index (Phi) is 1.44. The van der Waals surface area contributed by atoms with E-state index < -0.39 is 11.7 Å². The van der Waals surface area contributed by atoms with Crippen LogP contribution in [0.4, 0.5) is 8.78 Å². The van der Waals surface area contributed by atoms with Crippen LogP contribution in [-0.2, 0) is 9.47 Å². The second-order valence-electron chi connectivity index (χ2n) is 3.14. The van der Waals surface area contributed by atoms with E-state index in [9.17, 15) is 8.78 Å². The fraction of sp³-hybridized carbons (Fsp3) is 1.00. The van der Waals surface area contributed by atoms with Gasteiger partial charge in [-0.15, -0.1) is 0 Å². The number of ether oxygens (including phenoxy) is 2. The minimum Gasteiger partial charge on any atom is -0.347 e. The molecule has 0 aromatic heterocycles. The molecule has 0 N–H and O–H groups in total. The summed E-state index contributed by atoms with van der Waals surface area (Å²) in [5.74, 6) is -3.51. The van der Waals surface area contributed by atoms with Gasteiger partial charge in [-0.25, -0.2) is 8.78 Å². The molecule has 1 aliphatic carbocycles. The van der Waals surface area contributed by atoms with Gasteiger partial charge in [0.25, 0.3) is 5.92 Å². The maximum atomic E-state index is 12.7. The highest BCUT2D eigenvalue weighted by Crippen LogP contribution is 2.45. The Morgan fingerprint density at radius 1 is 1.00 bits per heavy atom. The van der Waals surface area contributed by atoms with Crippen LogP contribution in [0.3, 0.4) is 0 Å². The third-order valence-corrected chi connectivity index (χ3v) is 2.21. The van der Waals surface area contributed by atoms with Gasteiger partial charge in [0, 0.05) is 12.8 Å². The monoisotopic (exact) mass is 164 g/mol. The van der Waals surface area contributed by atoms with E-state index in [0.29, 0.717) is 19.6 Å². The molecule has 0 bridgehead atoms. The van der Waals surface area contributed by atoms with Gasteiger partial charge >= 0.3 is 0 Å². The molecule has 1 aliphatic heterocycles. The van der Waals surface area contributed by atoms with Crippen LogP contribution in [0, 0.1) is 0 Å². The summed E-state index contributed by atoms with van der Waals surface area (Å²) in [6.45, 7) is 0.909. The van der Waals surface area contributed by atoms with Crippen LogP contribution in [0.1, 0.15) is 19.3 Å². The van der Waals surface area contributed by atoms with Gasteiger partial charge in [0.2, 0.25) is 0 Å². The Bertz CT molecular complexity index is 164. The summed E-state index contributed by atoms with van der Waals surface area (Å²) in [7, 11) is 0. The molecule has 4 heteroatoms. The first-order valence-electron chi connectivity index (χ1n) is 3.78. The fourth-order valence-corrected chi connectivity index (χ4v) is 1.69. The second-order valence-corrected chi connectivity index (χ2v) is 3.14. The van der Waals surface area contributed by atoms with Gasteiger partial charge in [0.05, 0.1) is 19.6 Å². The maximum Gasteiger partial charge on any atom is 0.253 e. The Morgan fingerprint density at radius 3 is 2.09 bits per heavy atom. The zero-order valence-corrected chi connectivity index (χ0v) is 6.11. The number of hydrogen-bond acceptors (Lipinski definition) is 2. The SMILES string of the molecule is FC1(F)CCC2(C1)OCCO2. The zero-order chi connectivity index (χ0) is 7.95. The van der Waals surface area contributed by atoms with Gasteiger partial charge in [-0.05, 0) is 0 Å². The van der Waals surface area contributed by atoms with Crippen LogP contribution in [0.5, 0.6) is 0 Å². The van der Waals surface area contributed by atoms with Gasteiger partial charge in [0.15, 0.2) is 5.79 Å². The molecule has 2 fully saturated rings. The van der Waals surface area contributed by atoms with E-state index in [4.69, 9.17) is 9.47 Å². The topological polar surface area (TPSA) is 18.5 Å². The summed E-state index contributed by atoms with van der Waals surface area (Å²) in [4.78, 5) is 0. The van der Waals surface area contributed by atoms with Crippen molar-refractivity contribution >= 4 is 0 Å². The number of rotatable bonds is 0. The second kappa shape index (κ2) is 2.14. The normalized spacial score (nSPS) is 33.3. The van der Waals surface area contributed by atoms with E-state index in [1.165, 1.54) is 0 Å². The molecule has 1 spiro atoms. The summed E-state index contributed by atoms with van der Waals surface area (Å²) in [6, 6.07) is 0. The lowest BCUT2D eigenvalue weighted by molar-refractivity contribution is -0.167. The van der Waals surface area contributed by atoms with Crippen molar-refractivity contribution in [3.8, 4) is 0 Å². The van der Waals surface area contributed by atoms with E-state index in [-0.39, 0.29) is 12.8 Å². The largest absolute Gasteiger partial charge is 0.347 e. The van der Waals surface area contributed by atoms with E-state index in [1.54, 1.807) is 0 Å². The fourth-order valence-electron chi connectivity index (χ4n) is 1.69. The smallest absolute Gasteiger partial charge is 0.253 e. The first-order valence-corrected chi connectivity index (χ1v) is 3.78. The molecule has 1 saturated carbocycles. The van der Waals surface area contributed by atoms with Gasteiger partial charge in [0.1, 0.15) is 0 Å². The van der Waals surface area contributed by atoms with Crippen LogP contribution >= 0.6 is 0 Å². The van der Waals surface area contributed by atoms with Crippen molar-refractivity contribution < 1.29 is 18.3 Å². The standard InChI is InChI=1S/C7H10F2O2/c8-6(9)1-2-7(5-6)10-3-4-11-7/h1-5H2. The summed E-state index contributed by atoms with van der Waals surface area (Å²) < 4.78 is 35.6. The molecule has 0 aromatic carbocycles. The molecule has 2 aliphatic rings. The molecule has 11 heavy (non-hydrogen) atoms. The van der Waals surface area contributed by atoms with Crippen molar-refractivity contribution in [2.24, 2.45) is 0 Å². The summed E-state index contributed by atoms with van der Waals surface area (Å²) in [5, 5.41) is 0. The lowest BCUT2D eigenvalue weighted by atomic mass is 10.2. The Hall–Kier alpha value is -0.220. The van der Waals surface area contributed by atoms with E-state index >= 15 is 0 Å². The summed E-state index contributed by atoms with van der Waals surface area (Å²) in [6.07, 6.45) is -0.0347. The molecule has 0 atom stereocenters. The maximum absolute atomic E-state index is 12.7. The molecule has 1 saturated heterocycles. The third kappa shape index (κ3) is 1.25. The van der Waals surface area contributed by atoms with Crippen LogP contribution in [-0.4, -0.2) is 24.9 Å². The molecule has 2 rings (SSSR count). The predicted molar refractivity (Wildman–Crippen MR) is 33.4 cm³/mol. The minimum absolute atomic E-state index is 0.104. The number of halogens is 2. The predicted octanol–water partition coefficient (Wildman–Crippen LogP) is 1.55. The molecule has 0 amide bonds. The highest BCUT2D eigenvalue weighted by molar-refractivity contribution is 4.90. The molecule has 1 heterocycles. The molecule has 64 valence electrons. The third-order valence-electron chi connectivity index (χ3n) is 2.21. The first-order chi connectivity index (χ1) is 5.12. The van der Waals surface area contributed by atoms with E-state index in [1.807, 2.05) is 0 Å². The van der Waals surface area contributed by atoms with Gasteiger partial charge < -0.3 is 9.47 Å². The molecular weight excluding hydrogens is 154 g/mol. The lowest BCUT2D eigenvalue weighted by Gasteiger charge is -2.20. The molecule has 0 aromatic rings. The van der Waals surface area contributed by atoms with Crippen molar-refractivity contribution in [3.05, 3.63) is 0 Å². The van der Waals surface area contributed by atoms with Crippen molar-refractivity contribution in [1.29, 1.82) is 0 Å². The van der Waals surface area contributed by atoms with Crippen molar-refractivity contribution in [1.82, 2.24) is 0 Å². The van der Waals surface area contributed by atoms with Crippen LogP contribution in [0.15, 0.2) is 0 Å². The van der Waals surface area contributed by atoms with Crippen molar-refractivity contribution in [2.75, 3.05) is 13.2 Å². The average Bonchev–Trinajstić information content (AvgIpc) is 2.43. The minimum atomic E-state index is -2.58.